The molecule has 1 aromatic carbocycles. The molecule has 2 aromatic rings. The molecular formula is C26H32N2O3S. The Morgan fingerprint density at radius 2 is 1.84 bits per heavy atom. The van der Waals surface area contributed by atoms with Gasteiger partial charge in [0, 0.05) is 23.4 Å². The van der Waals surface area contributed by atoms with Crippen LogP contribution >= 0.6 is 11.3 Å². The summed E-state index contributed by atoms with van der Waals surface area (Å²) in [5.74, 6) is 1.20. The molecule has 0 spiro atoms. The number of hydrogen-bond acceptors (Lipinski definition) is 4. The van der Waals surface area contributed by atoms with Crippen LogP contribution in [-0.2, 0) is 16.0 Å². The Hall–Kier alpha value is -2.34. The van der Waals surface area contributed by atoms with Gasteiger partial charge in [-0.15, -0.1) is 11.3 Å². The van der Waals surface area contributed by atoms with Crippen LogP contribution in [0.2, 0.25) is 0 Å². The summed E-state index contributed by atoms with van der Waals surface area (Å²) < 4.78 is 6.13. The van der Waals surface area contributed by atoms with Crippen LogP contribution in [0.3, 0.4) is 0 Å². The number of carbonyl (C=O) groups excluding carboxylic acids is 2. The number of aryl methyl sites for hydroxylation is 1. The molecule has 2 fully saturated rings. The normalized spacial score (nSPS) is 20.8. The number of amides is 2. The van der Waals surface area contributed by atoms with Crippen molar-refractivity contribution in [1.82, 2.24) is 9.80 Å². The summed E-state index contributed by atoms with van der Waals surface area (Å²) >= 11 is 1.76. The zero-order valence-electron chi connectivity index (χ0n) is 18.8. The van der Waals surface area contributed by atoms with Crippen LogP contribution in [0.4, 0.5) is 0 Å². The minimum absolute atomic E-state index is 0.0533. The Bertz CT molecular complexity index is 960. The number of rotatable bonds is 7. The molecule has 1 aromatic heterocycles. The van der Waals surface area contributed by atoms with Crippen LogP contribution in [0, 0.1) is 12.8 Å². The van der Waals surface area contributed by atoms with Gasteiger partial charge in [-0.25, -0.2) is 0 Å². The average molecular weight is 453 g/mol. The van der Waals surface area contributed by atoms with Gasteiger partial charge in [-0.2, -0.15) is 0 Å². The summed E-state index contributed by atoms with van der Waals surface area (Å²) in [5, 5.41) is 2.11. The third kappa shape index (κ3) is 4.56. The predicted molar refractivity (Wildman–Crippen MR) is 126 cm³/mol. The Balaban J connectivity index is 1.31. The average Bonchev–Trinajstić information content (AvgIpc) is 3.28. The fourth-order valence-electron chi connectivity index (χ4n) is 5.10. The fourth-order valence-corrected chi connectivity index (χ4v) is 6.03. The van der Waals surface area contributed by atoms with E-state index in [2.05, 4.69) is 18.4 Å². The first kappa shape index (κ1) is 21.5. The smallest absolute Gasteiger partial charge is 0.242 e. The molecule has 2 saturated carbocycles. The van der Waals surface area contributed by atoms with E-state index < -0.39 is 0 Å². The van der Waals surface area contributed by atoms with E-state index in [0.29, 0.717) is 13.2 Å². The molecule has 0 bridgehead atoms. The minimum Gasteiger partial charge on any atom is -0.491 e. The standard InChI is InChI=1S/C26H32N2O3S/c1-18-6-10-21(11-7-18)31-17-23-22-13-15-32-24(22)12-14-27(23)25(29)16-28(20-8-9-20)26(30)19-4-2-3-5-19/h6-7,10-11,13,15,19-20,23H,2-5,8-9,12,14,16-17H2,1H3. The molecule has 2 heterocycles. The molecule has 1 unspecified atom stereocenters. The quantitative estimate of drug-likeness (QED) is 0.610. The van der Waals surface area contributed by atoms with Gasteiger partial charge in [0.05, 0.1) is 6.04 Å². The van der Waals surface area contributed by atoms with Crippen LogP contribution in [0.15, 0.2) is 35.7 Å². The van der Waals surface area contributed by atoms with E-state index >= 15 is 0 Å². The first-order valence-electron chi connectivity index (χ1n) is 12.0. The molecule has 0 N–H and O–H groups in total. The molecule has 0 radical (unpaired) electrons. The Morgan fingerprint density at radius 3 is 2.56 bits per heavy atom. The molecular weight excluding hydrogens is 420 g/mol. The van der Waals surface area contributed by atoms with E-state index in [4.69, 9.17) is 4.74 Å². The topological polar surface area (TPSA) is 49.9 Å². The maximum atomic E-state index is 13.5. The highest BCUT2D eigenvalue weighted by atomic mass is 32.1. The van der Waals surface area contributed by atoms with Gasteiger partial charge < -0.3 is 14.5 Å². The maximum absolute atomic E-state index is 13.5. The lowest BCUT2D eigenvalue weighted by Crippen LogP contribution is -2.49. The van der Waals surface area contributed by atoms with Gasteiger partial charge in [0.25, 0.3) is 0 Å². The predicted octanol–water partition coefficient (Wildman–Crippen LogP) is 4.74. The number of fused-ring (bicyclic) bond motifs is 1. The van der Waals surface area contributed by atoms with Crippen molar-refractivity contribution < 1.29 is 14.3 Å². The lowest BCUT2D eigenvalue weighted by molar-refractivity contribution is -0.145. The Labute approximate surface area is 194 Å². The molecule has 6 heteroatoms. The fraction of sp³-hybridized carbons (Fsp3) is 0.538. The Morgan fingerprint density at radius 1 is 1.09 bits per heavy atom. The maximum Gasteiger partial charge on any atom is 0.242 e. The van der Waals surface area contributed by atoms with Crippen LogP contribution < -0.4 is 4.74 Å². The summed E-state index contributed by atoms with van der Waals surface area (Å²) in [6.45, 7) is 3.38. The lowest BCUT2D eigenvalue weighted by atomic mass is 10.00. The molecule has 2 aliphatic carbocycles. The summed E-state index contributed by atoms with van der Waals surface area (Å²) in [6, 6.07) is 10.3. The molecule has 1 aliphatic heterocycles. The van der Waals surface area contributed by atoms with E-state index in [1.807, 2.05) is 34.1 Å². The largest absolute Gasteiger partial charge is 0.491 e. The van der Waals surface area contributed by atoms with Gasteiger partial charge >= 0.3 is 0 Å². The summed E-state index contributed by atoms with van der Waals surface area (Å²) in [6.07, 6.45) is 7.15. The van der Waals surface area contributed by atoms with Crippen LogP contribution in [0.25, 0.3) is 0 Å². The zero-order chi connectivity index (χ0) is 22.1. The van der Waals surface area contributed by atoms with Crippen LogP contribution in [-0.4, -0.2) is 47.4 Å². The van der Waals surface area contributed by atoms with Crippen LogP contribution in [0.1, 0.15) is 60.6 Å². The SMILES string of the molecule is Cc1ccc(OCC2c3ccsc3CCN2C(=O)CN(C(=O)C2CCCC2)C2CC2)cc1. The van der Waals surface area contributed by atoms with Crippen molar-refractivity contribution in [2.75, 3.05) is 19.7 Å². The van der Waals surface area contributed by atoms with E-state index in [1.165, 1.54) is 16.0 Å². The third-order valence-electron chi connectivity index (χ3n) is 7.12. The van der Waals surface area contributed by atoms with Crippen molar-refractivity contribution in [2.24, 2.45) is 5.92 Å². The molecule has 3 aliphatic rings. The van der Waals surface area contributed by atoms with E-state index in [9.17, 15) is 9.59 Å². The molecule has 170 valence electrons. The van der Waals surface area contributed by atoms with Gasteiger partial charge in [0.15, 0.2) is 0 Å². The second-order valence-corrected chi connectivity index (χ2v) is 10.5. The number of carbonyl (C=O) groups is 2. The van der Waals surface area contributed by atoms with Gasteiger partial charge in [-0.3, -0.25) is 9.59 Å². The minimum atomic E-state index is -0.110. The Kier molecular flexibility index (Phi) is 6.22. The number of hydrogen-bond donors (Lipinski definition) is 0. The van der Waals surface area contributed by atoms with Gasteiger partial charge in [-0.1, -0.05) is 30.5 Å². The first-order chi connectivity index (χ1) is 15.6. The van der Waals surface area contributed by atoms with Crippen molar-refractivity contribution in [3.8, 4) is 5.75 Å². The van der Waals surface area contributed by atoms with Crippen molar-refractivity contribution >= 4 is 23.2 Å². The van der Waals surface area contributed by atoms with Crippen molar-refractivity contribution in [2.45, 2.75) is 64.0 Å². The van der Waals surface area contributed by atoms with Crippen molar-refractivity contribution in [3.63, 3.8) is 0 Å². The highest BCUT2D eigenvalue weighted by Crippen LogP contribution is 2.36. The number of ether oxygens (including phenoxy) is 1. The number of thiophene rings is 1. The van der Waals surface area contributed by atoms with E-state index in [1.54, 1.807) is 11.3 Å². The zero-order valence-corrected chi connectivity index (χ0v) is 19.6. The van der Waals surface area contributed by atoms with Gasteiger partial charge in [0.2, 0.25) is 11.8 Å². The highest BCUT2D eigenvalue weighted by Gasteiger charge is 2.40. The molecule has 5 nitrogen and oxygen atoms in total. The summed E-state index contributed by atoms with van der Waals surface area (Å²) in [7, 11) is 0. The molecule has 5 rings (SSSR count). The molecule has 2 amide bonds. The second kappa shape index (κ2) is 9.26. The number of nitrogens with zero attached hydrogens (tertiary/aromatic N) is 2. The molecule has 1 atom stereocenters. The first-order valence-corrected chi connectivity index (χ1v) is 12.8. The van der Waals surface area contributed by atoms with Gasteiger partial charge in [-0.05, 0) is 68.2 Å². The number of benzene rings is 1. The van der Waals surface area contributed by atoms with E-state index in [-0.39, 0.29) is 36.4 Å². The second-order valence-electron chi connectivity index (χ2n) is 9.45. The molecule has 0 saturated heterocycles. The molecule has 32 heavy (non-hydrogen) atoms. The van der Waals surface area contributed by atoms with E-state index in [0.717, 1.165) is 50.7 Å². The monoisotopic (exact) mass is 452 g/mol. The van der Waals surface area contributed by atoms with Gasteiger partial charge in [0.1, 0.15) is 18.9 Å². The summed E-state index contributed by atoms with van der Waals surface area (Å²) in [5.41, 5.74) is 2.39. The lowest BCUT2D eigenvalue weighted by Gasteiger charge is -2.37. The summed E-state index contributed by atoms with van der Waals surface area (Å²) in [4.78, 5) is 31.9. The van der Waals surface area contributed by atoms with Crippen molar-refractivity contribution in [1.29, 1.82) is 0 Å². The highest BCUT2D eigenvalue weighted by molar-refractivity contribution is 7.10. The third-order valence-corrected chi connectivity index (χ3v) is 8.12. The van der Waals surface area contributed by atoms with Crippen molar-refractivity contribution in [3.05, 3.63) is 51.7 Å². The van der Waals surface area contributed by atoms with Crippen LogP contribution in [0.5, 0.6) is 5.75 Å².